The molecule has 132 valence electrons. The normalized spacial score (nSPS) is 13.0. The standard InChI is InChI=1S/C15H24O6S2/c1-2-10-23(19,20)21-22(11-8-16,12-9-17)13-15(18)14-6-4-3-5-7-14/h3-7,16-17H,2,8-13H2,1H3. The monoisotopic (exact) mass is 364 g/mol. The molecule has 0 fully saturated rings. The molecule has 0 unspecified atom stereocenters. The first-order valence-electron chi connectivity index (χ1n) is 7.38. The Morgan fingerprint density at radius 3 is 2.09 bits per heavy atom. The van der Waals surface area contributed by atoms with Crippen molar-refractivity contribution in [2.45, 2.75) is 13.3 Å². The van der Waals surface area contributed by atoms with E-state index in [4.69, 9.17) is 3.63 Å². The van der Waals surface area contributed by atoms with E-state index in [2.05, 4.69) is 0 Å². The van der Waals surface area contributed by atoms with Crippen LogP contribution < -0.4 is 0 Å². The summed E-state index contributed by atoms with van der Waals surface area (Å²) < 4.78 is 29.4. The molecule has 0 aliphatic carbocycles. The van der Waals surface area contributed by atoms with Crippen molar-refractivity contribution in [3.63, 3.8) is 0 Å². The summed E-state index contributed by atoms with van der Waals surface area (Å²) in [7, 11) is -6.26. The molecule has 0 saturated carbocycles. The molecule has 23 heavy (non-hydrogen) atoms. The van der Waals surface area contributed by atoms with Crippen molar-refractivity contribution in [2.75, 3.05) is 36.2 Å². The quantitative estimate of drug-likeness (QED) is 0.575. The van der Waals surface area contributed by atoms with Crippen LogP contribution in [0.15, 0.2) is 30.3 Å². The zero-order valence-electron chi connectivity index (χ0n) is 13.2. The highest BCUT2D eigenvalue weighted by atomic mass is 32.3. The van der Waals surface area contributed by atoms with E-state index in [9.17, 15) is 23.4 Å². The lowest BCUT2D eigenvalue weighted by atomic mass is 10.2. The average Bonchev–Trinajstić information content (AvgIpc) is 2.48. The maximum absolute atomic E-state index is 12.4. The number of rotatable bonds is 11. The summed E-state index contributed by atoms with van der Waals surface area (Å²) in [5, 5.41) is 18.6. The van der Waals surface area contributed by atoms with Crippen LogP contribution in [0.1, 0.15) is 23.7 Å². The lowest BCUT2D eigenvalue weighted by Gasteiger charge is -2.36. The van der Waals surface area contributed by atoms with Crippen LogP contribution in [-0.4, -0.2) is 60.6 Å². The number of hydrogen-bond donors (Lipinski definition) is 2. The van der Waals surface area contributed by atoms with E-state index in [1.165, 1.54) is 0 Å². The number of carbonyl (C=O) groups is 1. The van der Waals surface area contributed by atoms with Crippen LogP contribution in [0.5, 0.6) is 0 Å². The minimum Gasteiger partial charge on any atom is -0.395 e. The lowest BCUT2D eigenvalue weighted by molar-refractivity contribution is 0.102. The van der Waals surface area contributed by atoms with Gasteiger partial charge in [0.2, 0.25) is 0 Å². The van der Waals surface area contributed by atoms with Gasteiger partial charge in [-0.25, -0.2) is 3.63 Å². The van der Waals surface area contributed by atoms with Crippen LogP contribution in [0.25, 0.3) is 0 Å². The number of aliphatic hydroxyl groups is 2. The number of carbonyl (C=O) groups excluding carboxylic acids is 1. The summed E-state index contributed by atoms with van der Waals surface area (Å²) in [6.45, 7) is 1.10. The van der Waals surface area contributed by atoms with Gasteiger partial charge in [0.05, 0.1) is 24.7 Å². The van der Waals surface area contributed by atoms with Crippen molar-refractivity contribution in [2.24, 2.45) is 0 Å². The highest BCUT2D eigenvalue weighted by Crippen LogP contribution is 2.50. The highest BCUT2D eigenvalue weighted by molar-refractivity contribution is 8.33. The van der Waals surface area contributed by atoms with Gasteiger partial charge < -0.3 is 10.2 Å². The first kappa shape index (κ1) is 20.1. The first-order chi connectivity index (χ1) is 10.9. The molecule has 0 aliphatic rings. The smallest absolute Gasteiger partial charge is 0.276 e. The lowest BCUT2D eigenvalue weighted by Crippen LogP contribution is -2.28. The molecule has 0 bridgehead atoms. The predicted octanol–water partition coefficient (Wildman–Crippen LogP) is 1.33. The topological polar surface area (TPSA) is 101 Å². The summed E-state index contributed by atoms with van der Waals surface area (Å²) in [6.07, 6.45) is 0.392. The Balaban J connectivity index is 3.05. The maximum Gasteiger partial charge on any atom is 0.276 e. The van der Waals surface area contributed by atoms with Gasteiger partial charge in [0, 0.05) is 17.1 Å². The molecule has 1 rings (SSSR count). The van der Waals surface area contributed by atoms with Crippen molar-refractivity contribution in [3.05, 3.63) is 35.9 Å². The Labute approximate surface area is 139 Å². The second kappa shape index (κ2) is 9.39. The van der Waals surface area contributed by atoms with Gasteiger partial charge in [0.1, 0.15) is 0 Å². The zero-order chi connectivity index (χ0) is 17.3. The largest absolute Gasteiger partial charge is 0.395 e. The average molecular weight is 364 g/mol. The van der Waals surface area contributed by atoms with Crippen molar-refractivity contribution < 1.29 is 27.1 Å². The first-order valence-corrected chi connectivity index (χ1v) is 11.0. The summed E-state index contributed by atoms with van der Waals surface area (Å²) in [5.41, 5.74) is 0.455. The number of hydrogen-bond acceptors (Lipinski definition) is 6. The highest BCUT2D eigenvalue weighted by Gasteiger charge is 2.33. The van der Waals surface area contributed by atoms with E-state index in [0.717, 1.165) is 0 Å². The van der Waals surface area contributed by atoms with Crippen LogP contribution in [0.4, 0.5) is 0 Å². The van der Waals surface area contributed by atoms with Gasteiger partial charge >= 0.3 is 0 Å². The van der Waals surface area contributed by atoms with Gasteiger partial charge in [-0.3, -0.25) is 4.79 Å². The minimum atomic E-state index is -3.80. The predicted molar refractivity (Wildman–Crippen MR) is 92.3 cm³/mol. The van der Waals surface area contributed by atoms with E-state index in [1.54, 1.807) is 37.3 Å². The van der Waals surface area contributed by atoms with Gasteiger partial charge in [-0.15, -0.1) is 10.3 Å². The fourth-order valence-corrected chi connectivity index (χ4v) is 7.19. The zero-order valence-corrected chi connectivity index (χ0v) is 14.8. The van der Waals surface area contributed by atoms with E-state index in [1.807, 2.05) is 0 Å². The third kappa shape index (κ3) is 6.60. The molecule has 2 N–H and O–H groups in total. The van der Waals surface area contributed by atoms with Gasteiger partial charge in [-0.2, -0.15) is 8.42 Å². The molecule has 0 atom stereocenters. The molecule has 0 amide bonds. The van der Waals surface area contributed by atoms with Crippen LogP contribution in [-0.2, 0) is 13.7 Å². The van der Waals surface area contributed by atoms with Crippen molar-refractivity contribution in [3.8, 4) is 0 Å². The second-order valence-electron chi connectivity index (χ2n) is 5.08. The third-order valence-electron chi connectivity index (χ3n) is 3.12. The molecule has 0 aliphatic heterocycles. The number of benzene rings is 1. The van der Waals surface area contributed by atoms with Crippen LogP contribution in [0, 0.1) is 0 Å². The van der Waals surface area contributed by atoms with E-state index in [0.29, 0.717) is 12.0 Å². The minimum absolute atomic E-state index is 0.0368. The summed E-state index contributed by atoms with van der Waals surface area (Å²) in [4.78, 5) is 12.4. The molecule has 6 nitrogen and oxygen atoms in total. The molecule has 0 spiro atoms. The molecular weight excluding hydrogens is 340 g/mol. The fourth-order valence-electron chi connectivity index (χ4n) is 2.12. The molecule has 0 radical (unpaired) electrons. The molecule has 1 aromatic carbocycles. The molecule has 0 heterocycles. The van der Waals surface area contributed by atoms with Crippen molar-refractivity contribution in [1.82, 2.24) is 0 Å². The third-order valence-corrected chi connectivity index (χ3v) is 8.65. The number of aliphatic hydroxyl groups excluding tert-OH is 2. The van der Waals surface area contributed by atoms with E-state index >= 15 is 0 Å². The van der Waals surface area contributed by atoms with Gasteiger partial charge in [0.15, 0.2) is 5.78 Å². The summed E-state index contributed by atoms with van der Waals surface area (Å²) >= 11 is 0. The van der Waals surface area contributed by atoms with Crippen LogP contribution in [0.2, 0.25) is 0 Å². The number of ketones is 1. The van der Waals surface area contributed by atoms with Gasteiger partial charge in [-0.05, 0) is 6.42 Å². The molecule has 1 aromatic rings. The van der Waals surface area contributed by atoms with Crippen LogP contribution >= 0.6 is 10.3 Å². The molecular formula is C15H24O6S2. The molecule has 0 aromatic heterocycles. The molecule has 8 heteroatoms. The molecule has 0 saturated heterocycles. The Kier molecular flexibility index (Phi) is 8.21. The van der Waals surface area contributed by atoms with Gasteiger partial charge in [0.25, 0.3) is 10.1 Å². The maximum atomic E-state index is 12.4. The number of Topliss-reactive ketones (excluding diaryl/α,β-unsaturated/α-hetero) is 1. The summed E-state index contributed by atoms with van der Waals surface area (Å²) in [5.74, 6) is -0.474. The Morgan fingerprint density at radius 1 is 1.04 bits per heavy atom. The Hall–Kier alpha value is -0.930. The van der Waals surface area contributed by atoms with Crippen molar-refractivity contribution in [1.29, 1.82) is 0 Å². The Morgan fingerprint density at radius 2 is 1.61 bits per heavy atom. The fraction of sp³-hybridized carbons (Fsp3) is 0.533. The van der Waals surface area contributed by atoms with Crippen LogP contribution in [0.3, 0.4) is 0 Å². The van der Waals surface area contributed by atoms with E-state index in [-0.39, 0.29) is 42.0 Å². The Bertz CT molecular complexity index is 579. The summed E-state index contributed by atoms with van der Waals surface area (Å²) in [6, 6.07) is 8.50. The second-order valence-corrected chi connectivity index (χ2v) is 10.2. The van der Waals surface area contributed by atoms with E-state index < -0.39 is 20.4 Å². The van der Waals surface area contributed by atoms with Gasteiger partial charge in [-0.1, -0.05) is 37.3 Å². The SMILES string of the molecule is CCCS(=O)(=O)OS(CCO)(CCO)CC(=O)c1ccccc1. The van der Waals surface area contributed by atoms with Crippen molar-refractivity contribution >= 4 is 26.2 Å².